The number of hydrogen-bond acceptors (Lipinski definition) is 14. The SMILES string of the molecule is COc1cccc2c1C(=O)c1c(O)c3c(c(O)c1C2=O)C[C@@](O)(C(=O)CO)C[C@@H]3OC1CC(N(N)C(=O)OCC2c3ccccc3-c3ccccc32)C(O)C(C)O1. The molecular weight excluding hydrogens is 740 g/mol. The zero-order valence-electron chi connectivity index (χ0n) is 30.9. The minimum Gasteiger partial charge on any atom is -0.507 e. The van der Waals surface area contributed by atoms with Gasteiger partial charge in [-0.05, 0) is 35.2 Å². The topological polar surface area (TPSA) is 236 Å². The molecule has 15 heteroatoms. The van der Waals surface area contributed by atoms with E-state index in [1.165, 1.54) is 32.2 Å². The second-order valence-corrected chi connectivity index (χ2v) is 14.8. The lowest BCUT2D eigenvalue weighted by atomic mass is 9.72. The highest BCUT2D eigenvalue weighted by Gasteiger charge is 2.51. The number of rotatable bonds is 8. The van der Waals surface area contributed by atoms with Gasteiger partial charge in [-0.1, -0.05) is 60.7 Å². The maximum atomic E-state index is 14.0. The summed E-state index contributed by atoms with van der Waals surface area (Å²) in [6.45, 7) is 0.374. The number of carbonyl (C=O) groups is 4. The molecule has 3 aliphatic carbocycles. The fraction of sp³-hybridized carbons (Fsp3) is 0.333. The minimum atomic E-state index is -2.37. The number of ether oxygens (including phenoxy) is 4. The van der Waals surface area contributed by atoms with Crippen LogP contribution in [0.2, 0.25) is 0 Å². The molecule has 4 unspecified atom stereocenters. The van der Waals surface area contributed by atoms with Gasteiger partial charge in [-0.2, -0.15) is 0 Å². The molecule has 0 radical (unpaired) electrons. The van der Waals surface area contributed by atoms with Gasteiger partial charge in [0.25, 0.3) is 0 Å². The summed E-state index contributed by atoms with van der Waals surface area (Å²) in [7, 11) is 1.31. The first-order valence-electron chi connectivity index (χ1n) is 18.4. The van der Waals surface area contributed by atoms with Crippen LogP contribution in [0.15, 0.2) is 66.7 Å². The molecule has 4 aromatic rings. The number of fused-ring (bicyclic) bond motifs is 6. The molecule has 8 rings (SSSR count). The number of amides is 1. The van der Waals surface area contributed by atoms with Crippen LogP contribution in [0.4, 0.5) is 4.79 Å². The number of aliphatic hydroxyl groups excluding tert-OH is 2. The fourth-order valence-electron chi connectivity index (χ4n) is 8.77. The maximum absolute atomic E-state index is 14.0. The third-order valence-corrected chi connectivity index (χ3v) is 11.6. The van der Waals surface area contributed by atoms with E-state index in [2.05, 4.69) is 0 Å². The number of hydrazine groups is 1. The number of phenolic OH excluding ortho intramolecular Hbond substituents is 2. The van der Waals surface area contributed by atoms with Crippen LogP contribution in [0.3, 0.4) is 0 Å². The van der Waals surface area contributed by atoms with Gasteiger partial charge in [0.15, 0.2) is 17.9 Å². The Bertz CT molecular complexity index is 2300. The van der Waals surface area contributed by atoms with Crippen LogP contribution in [0.1, 0.15) is 85.9 Å². The summed E-state index contributed by atoms with van der Waals surface area (Å²) in [6, 6.07) is 18.8. The van der Waals surface area contributed by atoms with Crippen molar-refractivity contribution in [1.29, 1.82) is 0 Å². The molecule has 1 fully saturated rings. The molecule has 1 aliphatic heterocycles. The number of methoxy groups -OCH3 is 1. The minimum absolute atomic E-state index is 0.0453. The van der Waals surface area contributed by atoms with Gasteiger partial charge in [-0.25, -0.2) is 15.6 Å². The Morgan fingerprint density at radius 3 is 2.19 bits per heavy atom. The normalized spacial score (nSPS) is 24.8. The number of phenols is 2. The highest BCUT2D eigenvalue weighted by Crippen LogP contribution is 2.53. The van der Waals surface area contributed by atoms with Crippen molar-refractivity contribution in [3.05, 3.63) is 111 Å². The highest BCUT2D eigenvalue weighted by atomic mass is 16.7. The standard InChI is InChI=1S/C42H40N2O13/c1-19-36(47)27(44(43)41(52)55-18-26-22-10-5-3-8-20(22)21-9-4-6-11-23(21)26)14-31(56-19)57-29-16-42(53,30(46)17-45)15-25-33(29)40(51)35-34(38(25)49)37(48)24-12-7-13-28(54-2)32(24)39(35)50/h3-13,19,26-27,29,31,36,45,47,49,51,53H,14-18,43H2,1-2H3/t19?,27?,29-,31?,36?,42-/m0/s1. The Hall–Kier alpha value is -5.68. The summed E-state index contributed by atoms with van der Waals surface area (Å²) in [5.74, 6) is 1.94. The monoisotopic (exact) mass is 780 g/mol. The van der Waals surface area contributed by atoms with E-state index in [0.717, 1.165) is 27.3 Å². The smallest absolute Gasteiger partial charge is 0.424 e. The Kier molecular flexibility index (Phi) is 9.63. The molecule has 0 bridgehead atoms. The number of ketones is 3. The predicted octanol–water partition coefficient (Wildman–Crippen LogP) is 3.17. The number of Topliss-reactive ketones (excluding diaryl/α,β-unsaturated/α-hetero) is 1. The van der Waals surface area contributed by atoms with E-state index in [4.69, 9.17) is 24.8 Å². The molecular formula is C42H40N2O13. The van der Waals surface area contributed by atoms with Crippen LogP contribution >= 0.6 is 0 Å². The van der Waals surface area contributed by atoms with E-state index in [-0.39, 0.29) is 46.9 Å². The number of hydrogen-bond donors (Lipinski definition) is 6. The first kappa shape index (κ1) is 38.2. The third kappa shape index (κ3) is 6.05. The number of benzene rings is 4. The van der Waals surface area contributed by atoms with Crippen molar-refractivity contribution in [1.82, 2.24) is 5.01 Å². The van der Waals surface area contributed by atoms with Gasteiger partial charge >= 0.3 is 6.09 Å². The van der Waals surface area contributed by atoms with E-state index in [1.54, 1.807) is 0 Å². The summed E-state index contributed by atoms with van der Waals surface area (Å²) in [4.78, 5) is 54.3. The van der Waals surface area contributed by atoms with Crippen molar-refractivity contribution in [2.24, 2.45) is 5.84 Å². The molecule has 6 atom stereocenters. The lowest BCUT2D eigenvalue weighted by molar-refractivity contribution is -0.257. The van der Waals surface area contributed by atoms with Gasteiger partial charge < -0.3 is 44.5 Å². The summed E-state index contributed by atoms with van der Waals surface area (Å²) < 4.78 is 23.3. The van der Waals surface area contributed by atoms with Crippen molar-refractivity contribution in [2.45, 2.75) is 68.3 Å². The molecule has 4 aromatic carbocycles. The molecule has 0 spiro atoms. The maximum Gasteiger partial charge on any atom is 0.424 e. The van der Waals surface area contributed by atoms with E-state index in [0.29, 0.717) is 0 Å². The summed E-state index contributed by atoms with van der Waals surface area (Å²) in [6.07, 6.45) is -7.63. The Morgan fingerprint density at radius 2 is 1.54 bits per heavy atom. The molecule has 15 nitrogen and oxygen atoms in total. The zero-order chi connectivity index (χ0) is 40.5. The lowest BCUT2D eigenvalue weighted by Gasteiger charge is -2.44. The van der Waals surface area contributed by atoms with Crippen LogP contribution in [-0.4, -0.2) is 104 Å². The molecule has 1 saturated heterocycles. The van der Waals surface area contributed by atoms with Crippen molar-refractivity contribution in [2.75, 3.05) is 20.3 Å². The van der Waals surface area contributed by atoms with Gasteiger partial charge in [-0.3, -0.25) is 14.4 Å². The van der Waals surface area contributed by atoms with Crippen LogP contribution in [0, 0.1) is 0 Å². The third-order valence-electron chi connectivity index (χ3n) is 11.6. The van der Waals surface area contributed by atoms with Crippen LogP contribution in [-0.2, 0) is 25.4 Å². The molecule has 0 saturated carbocycles. The number of nitrogens with zero attached hydrogens (tertiary/aromatic N) is 1. The first-order chi connectivity index (χ1) is 27.3. The molecule has 7 N–H and O–H groups in total. The van der Waals surface area contributed by atoms with E-state index < -0.39 is 102 Å². The molecule has 1 heterocycles. The van der Waals surface area contributed by atoms with Gasteiger partial charge in [0.1, 0.15) is 42.2 Å². The van der Waals surface area contributed by atoms with Gasteiger partial charge in [0.2, 0.25) is 5.78 Å². The summed E-state index contributed by atoms with van der Waals surface area (Å²) >= 11 is 0. The lowest BCUT2D eigenvalue weighted by Crippen LogP contribution is -2.59. The number of carbonyl (C=O) groups excluding carboxylic acids is 4. The van der Waals surface area contributed by atoms with Gasteiger partial charge in [-0.15, -0.1) is 0 Å². The Labute approximate surface area is 325 Å². The van der Waals surface area contributed by atoms with E-state index >= 15 is 0 Å². The van der Waals surface area contributed by atoms with E-state index in [1.807, 2.05) is 48.5 Å². The summed E-state index contributed by atoms with van der Waals surface area (Å²) in [5, 5.41) is 56.8. The summed E-state index contributed by atoms with van der Waals surface area (Å²) in [5.41, 5.74) is -0.0999. The number of nitrogens with two attached hydrogens (primary N) is 1. The zero-order valence-corrected chi connectivity index (χ0v) is 30.9. The highest BCUT2D eigenvalue weighted by molar-refractivity contribution is 6.31. The van der Waals surface area contributed by atoms with Crippen LogP contribution < -0.4 is 10.6 Å². The second kappa shape index (κ2) is 14.4. The van der Waals surface area contributed by atoms with Crippen molar-refractivity contribution in [3.63, 3.8) is 0 Å². The number of aromatic hydroxyl groups is 2. The van der Waals surface area contributed by atoms with Crippen LogP contribution in [0.25, 0.3) is 11.1 Å². The number of aliphatic hydroxyl groups is 3. The van der Waals surface area contributed by atoms with Gasteiger partial charge in [0, 0.05) is 41.9 Å². The fourth-order valence-corrected chi connectivity index (χ4v) is 8.77. The first-order valence-corrected chi connectivity index (χ1v) is 18.4. The van der Waals surface area contributed by atoms with E-state index in [9.17, 15) is 44.7 Å². The van der Waals surface area contributed by atoms with Crippen molar-refractivity contribution < 1.29 is 63.7 Å². The average Bonchev–Trinajstić information content (AvgIpc) is 3.53. The van der Waals surface area contributed by atoms with Crippen molar-refractivity contribution >= 4 is 23.4 Å². The Balaban J connectivity index is 1.08. The molecule has 4 aliphatic rings. The Morgan fingerprint density at radius 1 is 0.912 bits per heavy atom. The quantitative estimate of drug-likeness (QED) is 0.0575. The average molecular weight is 781 g/mol. The van der Waals surface area contributed by atoms with Gasteiger partial charge in [0.05, 0.1) is 42.0 Å². The largest absolute Gasteiger partial charge is 0.507 e. The van der Waals surface area contributed by atoms with Crippen LogP contribution in [0.5, 0.6) is 17.2 Å². The van der Waals surface area contributed by atoms with Crippen molar-refractivity contribution in [3.8, 4) is 28.4 Å². The molecule has 0 aromatic heterocycles. The predicted molar refractivity (Wildman–Crippen MR) is 199 cm³/mol. The molecule has 1 amide bonds. The second-order valence-electron chi connectivity index (χ2n) is 14.8. The molecule has 296 valence electrons. The molecule has 57 heavy (non-hydrogen) atoms.